The molecule has 0 aliphatic carbocycles. The smallest absolute Gasteiger partial charge is 0.293 e. The van der Waals surface area contributed by atoms with Crippen molar-refractivity contribution in [1.29, 1.82) is 0 Å². The first-order chi connectivity index (χ1) is 15.4. The number of piperidine rings is 1. The van der Waals surface area contributed by atoms with Crippen molar-refractivity contribution < 1.29 is 14.5 Å². The fraction of sp³-hybridized carbons (Fsp3) is 0.545. The minimum Gasteiger partial charge on any atom is -0.378 e. The maximum atomic E-state index is 12.8. The van der Waals surface area contributed by atoms with Gasteiger partial charge in [0, 0.05) is 49.7 Å². The molecule has 2 aliphatic rings. The average Bonchev–Trinajstić information content (AvgIpc) is 3.19. The van der Waals surface area contributed by atoms with Gasteiger partial charge in [0.2, 0.25) is 0 Å². The van der Waals surface area contributed by atoms with Crippen molar-refractivity contribution in [2.75, 3.05) is 49.6 Å². The Balaban J connectivity index is 1.42. The van der Waals surface area contributed by atoms with Crippen molar-refractivity contribution >= 4 is 33.8 Å². The van der Waals surface area contributed by atoms with Crippen LogP contribution in [-0.4, -0.2) is 60.1 Å². The molecule has 1 aromatic heterocycles. The number of hydrogen-bond acceptors (Lipinski definition) is 8. The number of nitrogens with one attached hydrogen (secondary N) is 1. The van der Waals surface area contributed by atoms with Crippen molar-refractivity contribution in [2.45, 2.75) is 26.8 Å². The molecule has 32 heavy (non-hydrogen) atoms. The fourth-order valence-corrected chi connectivity index (χ4v) is 5.34. The van der Waals surface area contributed by atoms with Gasteiger partial charge in [-0.25, -0.2) is 4.98 Å². The lowest BCUT2D eigenvalue weighted by molar-refractivity contribution is -0.384. The summed E-state index contributed by atoms with van der Waals surface area (Å²) in [6.07, 6.45) is 1.26. The molecule has 10 heteroatoms. The van der Waals surface area contributed by atoms with E-state index in [1.165, 1.54) is 23.8 Å². The van der Waals surface area contributed by atoms with Gasteiger partial charge in [-0.15, -0.1) is 11.3 Å². The first-order valence-electron chi connectivity index (χ1n) is 11.0. The van der Waals surface area contributed by atoms with Crippen LogP contribution in [0, 0.1) is 22.0 Å². The van der Waals surface area contributed by atoms with Gasteiger partial charge in [-0.3, -0.25) is 25.1 Å². The van der Waals surface area contributed by atoms with E-state index in [-0.39, 0.29) is 11.3 Å². The molecule has 2 aromatic rings. The second-order valence-corrected chi connectivity index (χ2v) is 9.66. The fourth-order valence-electron chi connectivity index (χ4n) is 4.64. The third kappa shape index (κ3) is 5.43. The summed E-state index contributed by atoms with van der Waals surface area (Å²) in [5.74, 6) is 0.948. The monoisotopic (exact) mass is 459 g/mol. The predicted molar refractivity (Wildman–Crippen MR) is 124 cm³/mol. The lowest BCUT2D eigenvalue weighted by Crippen LogP contribution is -2.38. The maximum Gasteiger partial charge on any atom is 0.293 e. The summed E-state index contributed by atoms with van der Waals surface area (Å²) in [5.41, 5.74) is 1.61. The molecule has 0 spiro atoms. The van der Waals surface area contributed by atoms with Gasteiger partial charge in [-0.05, 0) is 30.4 Å². The molecule has 2 fully saturated rings. The highest BCUT2D eigenvalue weighted by Gasteiger charge is 2.24. The molecule has 0 saturated carbocycles. The summed E-state index contributed by atoms with van der Waals surface area (Å²) in [4.78, 5) is 32.8. The Labute approximate surface area is 191 Å². The van der Waals surface area contributed by atoms with Gasteiger partial charge in [0.1, 0.15) is 5.69 Å². The summed E-state index contributed by atoms with van der Waals surface area (Å²) in [7, 11) is 0. The summed E-state index contributed by atoms with van der Waals surface area (Å²) in [6.45, 7) is 9.66. The normalized spacial score (nSPS) is 22.0. The standard InChI is InChI=1S/C22H29N5O4S/c1-15-9-16(2)12-25(11-15)13-18-14-32-22(23-18)24-21(28)17-3-4-19(20(10-17)27(29)30)26-5-7-31-8-6-26/h3-4,10,14-16H,5-9,11-13H2,1-2H3,(H,23,24,28). The van der Waals surface area contributed by atoms with Gasteiger partial charge < -0.3 is 9.64 Å². The molecule has 9 nitrogen and oxygen atoms in total. The number of benzene rings is 1. The number of nitro benzene ring substituents is 1. The molecule has 2 saturated heterocycles. The Morgan fingerprint density at radius 3 is 2.69 bits per heavy atom. The summed E-state index contributed by atoms with van der Waals surface area (Å²) >= 11 is 1.37. The van der Waals surface area contributed by atoms with Crippen LogP contribution in [0.15, 0.2) is 23.6 Å². The lowest BCUT2D eigenvalue weighted by atomic mass is 9.92. The molecule has 3 heterocycles. The number of nitrogens with zero attached hydrogens (tertiary/aromatic N) is 4. The lowest BCUT2D eigenvalue weighted by Gasteiger charge is -2.34. The highest BCUT2D eigenvalue weighted by molar-refractivity contribution is 7.14. The number of aromatic nitrogens is 1. The first kappa shape index (κ1) is 22.6. The van der Waals surface area contributed by atoms with Crippen molar-refractivity contribution in [3.63, 3.8) is 0 Å². The predicted octanol–water partition coefficient (Wildman–Crippen LogP) is 3.62. The van der Waals surface area contributed by atoms with Crippen LogP contribution in [0.1, 0.15) is 36.3 Å². The Kier molecular flexibility index (Phi) is 7.02. The SMILES string of the molecule is CC1CC(C)CN(Cc2csc(NC(=O)c3ccc(N4CCOCC4)c([N+](=O)[O-])c3)n2)C1. The molecule has 4 rings (SSSR count). The minimum atomic E-state index is -0.441. The molecular formula is C22H29N5O4S. The summed E-state index contributed by atoms with van der Waals surface area (Å²) in [6, 6.07) is 4.60. The van der Waals surface area contributed by atoms with Crippen LogP contribution in [0.2, 0.25) is 0 Å². The minimum absolute atomic E-state index is 0.0762. The summed E-state index contributed by atoms with van der Waals surface area (Å²) < 4.78 is 5.33. The van der Waals surface area contributed by atoms with E-state index in [0.717, 1.165) is 25.3 Å². The molecular weight excluding hydrogens is 430 g/mol. The van der Waals surface area contributed by atoms with Crippen LogP contribution in [-0.2, 0) is 11.3 Å². The van der Waals surface area contributed by atoms with E-state index >= 15 is 0 Å². The zero-order chi connectivity index (χ0) is 22.7. The Morgan fingerprint density at radius 2 is 2.00 bits per heavy atom. The van der Waals surface area contributed by atoms with Crippen LogP contribution in [0.5, 0.6) is 0 Å². The summed E-state index contributed by atoms with van der Waals surface area (Å²) in [5, 5.41) is 16.9. The van der Waals surface area contributed by atoms with Crippen LogP contribution in [0.3, 0.4) is 0 Å². The number of nitro groups is 1. The Bertz CT molecular complexity index is 965. The van der Waals surface area contributed by atoms with Gasteiger partial charge in [-0.1, -0.05) is 13.8 Å². The number of thiazole rings is 1. The molecule has 2 aliphatic heterocycles. The zero-order valence-electron chi connectivity index (χ0n) is 18.5. The van der Waals surface area contributed by atoms with E-state index in [2.05, 4.69) is 29.0 Å². The highest BCUT2D eigenvalue weighted by atomic mass is 32.1. The third-order valence-corrected chi connectivity index (χ3v) is 6.69. The number of carbonyl (C=O) groups is 1. The van der Waals surface area contributed by atoms with Crippen molar-refractivity contribution in [1.82, 2.24) is 9.88 Å². The molecule has 2 unspecified atom stereocenters. The van der Waals surface area contributed by atoms with Crippen molar-refractivity contribution in [3.05, 3.63) is 45.0 Å². The van der Waals surface area contributed by atoms with Crippen LogP contribution >= 0.6 is 11.3 Å². The van der Waals surface area contributed by atoms with Crippen molar-refractivity contribution in [3.8, 4) is 0 Å². The molecule has 172 valence electrons. The number of anilines is 2. The highest BCUT2D eigenvalue weighted by Crippen LogP contribution is 2.30. The molecule has 1 N–H and O–H groups in total. The number of ether oxygens (including phenoxy) is 1. The van der Waals surface area contributed by atoms with Crippen LogP contribution in [0.25, 0.3) is 0 Å². The van der Waals surface area contributed by atoms with Crippen LogP contribution in [0.4, 0.5) is 16.5 Å². The number of rotatable bonds is 6. The van der Waals surface area contributed by atoms with Gasteiger partial charge in [0.15, 0.2) is 5.13 Å². The average molecular weight is 460 g/mol. The van der Waals surface area contributed by atoms with E-state index in [9.17, 15) is 14.9 Å². The van der Waals surface area contributed by atoms with E-state index in [1.54, 1.807) is 12.1 Å². The van der Waals surface area contributed by atoms with Crippen molar-refractivity contribution in [2.24, 2.45) is 11.8 Å². The van der Waals surface area contributed by atoms with Gasteiger partial charge >= 0.3 is 0 Å². The molecule has 0 radical (unpaired) electrons. The number of carbonyl (C=O) groups excluding carboxylic acids is 1. The quantitative estimate of drug-likeness (QED) is 0.520. The second-order valence-electron chi connectivity index (χ2n) is 8.80. The first-order valence-corrected chi connectivity index (χ1v) is 11.9. The van der Waals surface area contributed by atoms with Gasteiger partial charge in [0.25, 0.3) is 11.6 Å². The molecule has 1 aromatic carbocycles. The molecule has 2 atom stereocenters. The second kappa shape index (κ2) is 9.93. The number of hydrogen-bond donors (Lipinski definition) is 1. The maximum absolute atomic E-state index is 12.8. The molecule has 1 amide bonds. The Morgan fingerprint density at radius 1 is 1.28 bits per heavy atom. The Hall–Kier alpha value is -2.56. The number of morpholine rings is 1. The van der Waals surface area contributed by atoms with E-state index in [4.69, 9.17) is 4.74 Å². The van der Waals surface area contributed by atoms with E-state index in [1.807, 2.05) is 10.3 Å². The van der Waals surface area contributed by atoms with E-state index in [0.29, 0.717) is 49.0 Å². The number of amides is 1. The van der Waals surface area contributed by atoms with Gasteiger partial charge in [0.05, 0.1) is 23.8 Å². The third-order valence-electron chi connectivity index (χ3n) is 5.89. The van der Waals surface area contributed by atoms with E-state index < -0.39 is 10.8 Å². The molecule has 0 bridgehead atoms. The largest absolute Gasteiger partial charge is 0.378 e. The topological polar surface area (TPSA) is 101 Å². The number of likely N-dealkylation sites (tertiary alicyclic amines) is 1. The zero-order valence-corrected chi connectivity index (χ0v) is 19.3. The van der Waals surface area contributed by atoms with Gasteiger partial charge in [-0.2, -0.15) is 0 Å². The van der Waals surface area contributed by atoms with Crippen LogP contribution < -0.4 is 10.2 Å².